The van der Waals surface area contributed by atoms with E-state index in [1.54, 1.807) is 12.1 Å². The van der Waals surface area contributed by atoms with Gasteiger partial charge in [-0.05, 0) is 18.2 Å². The van der Waals surface area contributed by atoms with Crippen LogP contribution in [-0.2, 0) is 4.74 Å². The van der Waals surface area contributed by atoms with E-state index in [-0.39, 0.29) is 16.9 Å². The SMILES string of the molecule is CN(CC1CNCCO1)c1ccc(F)c(Cl)c1. The standard InChI is InChI=1S/C12H16ClFN2O/c1-16(8-10-7-15-4-5-17-10)9-2-3-12(14)11(13)6-9/h2-3,6,10,15H,4-5,7-8H2,1H3. The van der Waals surface area contributed by atoms with Gasteiger partial charge in [0, 0.05) is 32.4 Å². The number of anilines is 1. The van der Waals surface area contributed by atoms with Gasteiger partial charge in [-0.15, -0.1) is 0 Å². The summed E-state index contributed by atoms with van der Waals surface area (Å²) in [7, 11) is 1.95. The van der Waals surface area contributed by atoms with Gasteiger partial charge in [-0.1, -0.05) is 11.6 Å². The number of morpholine rings is 1. The third-order valence-corrected chi connectivity index (χ3v) is 3.12. The van der Waals surface area contributed by atoms with Crippen molar-refractivity contribution in [3.63, 3.8) is 0 Å². The van der Waals surface area contributed by atoms with Crippen LogP contribution in [0.5, 0.6) is 0 Å². The molecule has 1 aliphatic heterocycles. The second-order valence-corrected chi connectivity index (χ2v) is 4.58. The number of benzene rings is 1. The highest BCUT2D eigenvalue weighted by atomic mass is 35.5. The van der Waals surface area contributed by atoms with Gasteiger partial charge in [0.2, 0.25) is 0 Å². The number of likely N-dealkylation sites (N-methyl/N-ethyl adjacent to an activating group) is 1. The molecular formula is C12H16ClFN2O. The molecule has 1 aromatic carbocycles. The number of nitrogens with zero attached hydrogens (tertiary/aromatic N) is 1. The van der Waals surface area contributed by atoms with E-state index in [0.29, 0.717) is 0 Å². The molecule has 0 radical (unpaired) electrons. The number of ether oxygens (including phenoxy) is 1. The lowest BCUT2D eigenvalue weighted by Gasteiger charge is -2.29. The van der Waals surface area contributed by atoms with Crippen LogP contribution in [0, 0.1) is 5.82 Å². The van der Waals surface area contributed by atoms with Gasteiger partial charge < -0.3 is 15.0 Å². The summed E-state index contributed by atoms with van der Waals surface area (Å²) in [4.78, 5) is 2.02. The van der Waals surface area contributed by atoms with E-state index < -0.39 is 0 Å². The van der Waals surface area contributed by atoms with Gasteiger partial charge in [-0.25, -0.2) is 4.39 Å². The molecule has 0 bridgehead atoms. The van der Waals surface area contributed by atoms with Gasteiger partial charge in [-0.3, -0.25) is 0 Å². The molecule has 1 aromatic rings. The minimum atomic E-state index is -0.389. The van der Waals surface area contributed by atoms with Crippen LogP contribution in [0.15, 0.2) is 18.2 Å². The van der Waals surface area contributed by atoms with Gasteiger partial charge >= 0.3 is 0 Å². The Labute approximate surface area is 106 Å². The number of nitrogens with one attached hydrogen (secondary N) is 1. The van der Waals surface area contributed by atoms with Crippen LogP contribution in [0.1, 0.15) is 0 Å². The highest BCUT2D eigenvalue weighted by molar-refractivity contribution is 6.31. The van der Waals surface area contributed by atoms with E-state index >= 15 is 0 Å². The number of hydrogen-bond donors (Lipinski definition) is 1. The average molecular weight is 259 g/mol. The van der Waals surface area contributed by atoms with Gasteiger partial charge in [0.25, 0.3) is 0 Å². The normalized spacial score (nSPS) is 20.3. The fourth-order valence-electron chi connectivity index (χ4n) is 1.87. The van der Waals surface area contributed by atoms with Crippen LogP contribution >= 0.6 is 11.6 Å². The molecule has 1 unspecified atom stereocenters. The van der Waals surface area contributed by atoms with Crippen LogP contribution in [0.2, 0.25) is 5.02 Å². The summed E-state index contributed by atoms with van der Waals surface area (Å²) in [6.07, 6.45) is 0.164. The molecule has 1 fully saturated rings. The minimum absolute atomic E-state index is 0.150. The van der Waals surface area contributed by atoms with Crippen molar-refractivity contribution >= 4 is 17.3 Å². The van der Waals surface area contributed by atoms with Crippen LogP contribution in [-0.4, -0.2) is 39.4 Å². The molecule has 17 heavy (non-hydrogen) atoms. The number of halogens is 2. The lowest BCUT2D eigenvalue weighted by atomic mass is 10.2. The van der Waals surface area contributed by atoms with E-state index in [1.165, 1.54) is 6.07 Å². The summed E-state index contributed by atoms with van der Waals surface area (Å²) < 4.78 is 18.6. The van der Waals surface area contributed by atoms with Crippen molar-refractivity contribution in [2.45, 2.75) is 6.10 Å². The third kappa shape index (κ3) is 3.31. The highest BCUT2D eigenvalue weighted by Crippen LogP contribution is 2.22. The zero-order valence-electron chi connectivity index (χ0n) is 9.75. The Morgan fingerprint density at radius 3 is 3.06 bits per heavy atom. The van der Waals surface area contributed by atoms with Crippen molar-refractivity contribution in [1.82, 2.24) is 5.32 Å². The summed E-state index contributed by atoms with van der Waals surface area (Å²) in [5.41, 5.74) is 0.894. The predicted molar refractivity (Wildman–Crippen MR) is 67.3 cm³/mol. The smallest absolute Gasteiger partial charge is 0.141 e. The predicted octanol–water partition coefficient (Wildman–Crippen LogP) is 1.90. The molecular weight excluding hydrogens is 243 g/mol. The number of rotatable bonds is 3. The monoisotopic (exact) mass is 258 g/mol. The maximum absolute atomic E-state index is 13.0. The first-order valence-corrected chi connectivity index (χ1v) is 6.03. The lowest BCUT2D eigenvalue weighted by molar-refractivity contribution is 0.0340. The molecule has 3 nitrogen and oxygen atoms in total. The second-order valence-electron chi connectivity index (χ2n) is 4.18. The molecule has 1 aliphatic rings. The van der Waals surface area contributed by atoms with Crippen molar-refractivity contribution in [1.29, 1.82) is 0 Å². The van der Waals surface area contributed by atoms with E-state index in [9.17, 15) is 4.39 Å². The molecule has 2 rings (SSSR count). The van der Waals surface area contributed by atoms with Crippen molar-refractivity contribution in [2.75, 3.05) is 38.2 Å². The van der Waals surface area contributed by atoms with Crippen molar-refractivity contribution in [2.24, 2.45) is 0 Å². The summed E-state index contributed by atoms with van der Waals surface area (Å²) >= 11 is 5.76. The molecule has 1 heterocycles. The Hall–Kier alpha value is -0.840. The molecule has 0 aromatic heterocycles. The van der Waals surface area contributed by atoms with Gasteiger partial charge in [0.1, 0.15) is 5.82 Å². The summed E-state index contributed by atoms with van der Waals surface area (Å²) in [5, 5.41) is 3.42. The molecule has 0 amide bonds. The van der Waals surface area contributed by atoms with Crippen molar-refractivity contribution < 1.29 is 9.13 Å². The maximum Gasteiger partial charge on any atom is 0.141 e. The van der Waals surface area contributed by atoms with Crippen LogP contribution < -0.4 is 10.2 Å². The molecule has 1 saturated heterocycles. The zero-order valence-corrected chi connectivity index (χ0v) is 10.5. The Balaban J connectivity index is 1.98. The molecule has 0 spiro atoms. The Morgan fingerprint density at radius 1 is 1.59 bits per heavy atom. The van der Waals surface area contributed by atoms with Crippen LogP contribution in [0.3, 0.4) is 0 Å². The topological polar surface area (TPSA) is 24.5 Å². The van der Waals surface area contributed by atoms with Gasteiger partial charge in [-0.2, -0.15) is 0 Å². The lowest BCUT2D eigenvalue weighted by Crippen LogP contribution is -2.44. The summed E-state index contributed by atoms with van der Waals surface area (Å²) in [6, 6.07) is 4.73. The Bertz CT molecular complexity index is 383. The summed E-state index contributed by atoms with van der Waals surface area (Å²) in [6.45, 7) is 3.25. The average Bonchev–Trinajstić information content (AvgIpc) is 2.34. The molecule has 1 atom stereocenters. The number of hydrogen-bond acceptors (Lipinski definition) is 3. The van der Waals surface area contributed by atoms with Crippen molar-refractivity contribution in [3.8, 4) is 0 Å². The Morgan fingerprint density at radius 2 is 2.41 bits per heavy atom. The largest absolute Gasteiger partial charge is 0.374 e. The van der Waals surface area contributed by atoms with E-state index in [0.717, 1.165) is 31.9 Å². The Kier molecular flexibility index (Phi) is 4.20. The highest BCUT2D eigenvalue weighted by Gasteiger charge is 2.16. The molecule has 0 saturated carbocycles. The van der Waals surface area contributed by atoms with Crippen LogP contribution in [0.4, 0.5) is 10.1 Å². The fraction of sp³-hybridized carbons (Fsp3) is 0.500. The first kappa shape index (κ1) is 12.6. The van der Waals surface area contributed by atoms with Crippen LogP contribution in [0.25, 0.3) is 0 Å². The summed E-state index contributed by atoms with van der Waals surface area (Å²) in [5.74, 6) is -0.389. The first-order valence-electron chi connectivity index (χ1n) is 5.65. The third-order valence-electron chi connectivity index (χ3n) is 2.83. The van der Waals surface area contributed by atoms with Gasteiger partial charge in [0.05, 0.1) is 17.7 Å². The molecule has 0 aliphatic carbocycles. The van der Waals surface area contributed by atoms with E-state index in [4.69, 9.17) is 16.3 Å². The fourth-order valence-corrected chi connectivity index (χ4v) is 2.05. The van der Waals surface area contributed by atoms with Crippen molar-refractivity contribution in [3.05, 3.63) is 29.0 Å². The molecule has 1 N–H and O–H groups in total. The first-order chi connectivity index (χ1) is 8.16. The maximum atomic E-state index is 13.0. The minimum Gasteiger partial charge on any atom is -0.374 e. The molecule has 94 valence electrons. The zero-order chi connectivity index (χ0) is 12.3. The van der Waals surface area contributed by atoms with E-state index in [1.807, 2.05) is 11.9 Å². The molecule has 5 heteroatoms. The quantitative estimate of drug-likeness (QED) is 0.896. The van der Waals surface area contributed by atoms with Gasteiger partial charge in [0.15, 0.2) is 0 Å². The second kappa shape index (κ2) is 5.67. The van der Waals surface area contributed by atoms with E-state index in [2.05, 4.69) is 5.32 Å².